The van der Waals surface area contributed by atoms with Gasteiger partial charge in [0, 0.05) is 25.3 Å². The van der Waals surface area contributed by atoms with Crippen molar-refractivity contribution in [3.63, 3.8) is 0 Å². The van der Waals surface area contributed by atoms with Crippen LogP contribution in [0.1, 0.15) is 5.56 Å². The molecule has 0 saturated carbocycles. The SMILES string of the molecule is CN(Cc1ccc(N2CCOCC2)cc1)Cn1c(=S)sc2ccccc21. The lowest BCUT2D eigenvalue weighted by molar-refractivity contribution is 0.122. The minimum atomic E-state index is 0.800. The molecule has 0 radical (unpaired) electrons. The molecule has 4 rings (SSSR count). The van der Waals surface area contributed by atoms with E-state index in [9.17, 15) is 0 Å². The van der Waals surface area contributed by atoms with Crippen molar-refractivity contribution in [2.75, 3.05) is 38.3 Å². The molecule has 0 atom stereocenters. The zero-order chi connectivity index (χ0) is 17.9. The van der Waals surface area contributed by atoms with Gasteiger partial charge in [-0.15, -0.1) is 11.3 Å². The summed E-state index contributed by atoms with van der Waals surface area (Å²) < 4.78 is 9.83. The van der Waals surface area contributed by atoms with Gasteiger partial charge in [0.05, 0.1) is 30.1 Å². The highest BCUT2D eigenvalue weighted by atomic mass is 32.1. The van der Waals surface area contributed by atoms with Gasteiger partial charge in [-0.25, -0.2) is 0 Å². The number of hydrogen-bond donors (Lipinski definition) is 0. The molecule has 26 heavy (non-hydrogen) atoms. The Balaban J connectivity index is 1.43. The Morgan fingerprint density at radius 1 is 1.08 bits per heavy atom. The second-order valence-electron chi connectivity index (χ2n) is 6.69. The minimum absolute atomic E-state index is 0.800. The fourth-order valence-electron chi connectivity index (χ4n) is 3.38. The normalized spacial score (nSPS) is 15.1. The summed E-state index contributed by atoms with van der Waals surface area (Å²) in [6.07, 6.45) is 0. The maximum Gasteiger partial charge on any atom is 0.163 e. The van der Waals surface area contributed by atoms with Crippen molar-refractivity contribution in [2.24, 2.45) is 0 Å². The van der Waals surface area contributed by atoms with Gasteiger partial charge in [0.15, 0.2) is 3.95 Å². The third-order valence-electron chi connectivity index (χ3n) is 4.72. The van der Waals surface area contributed by atoms with Crippen molar-refractivity contribution in [1.82, 2.24) is 9.47 Å². The summed E-state index contributed by atoms with van der Waals surface area (Å²) in [4.78, 5) is 4.69. The first-order valence-corrected chi connectivity index (χ1v) is 10.1. The Labute approximate surface area is 163 Å². The standard InChI is InChI=1S/C20H23N3OS2/c1-21(15-23-18-4-2-3-5-19(18)26-20(23)25)14-16-6-8-17(9-7-16)22-10-12-24-13-11-22/h2-9H,10-15H2,1H3. The van der Waals surface area contributed by atoms with Crippen molar-refractivity contribution in [2.45, 2.75) is 13.2 Å². The van der Waals surface area contributed by atoms with Crippen LogP contribution < -0.4 is 4.90 Å². The van der Waals surface area contributed by atoms with Gasteiger partial charge in [-0.3, -0.25) is 4.90 Å². The summed E-state index contributed by atoms with van der Waals surface area (Å²) in [6, 6.07) is 17.3. The summed E-state index contributed by atoms with van der Waals surface area (Å²) in [5.41, 5.74) is 3.82. The van der Waals surface area contributed by atoms with Gasteiger partial charge in [-0.05, 0) is 49.1 Å². The molecule has 136 valence electrons. The predicted molar refractivity (Wildman–Crippen MR) is 112 cm³/mol. The molecule has 0 N–H and O–H groups in total. The summed E-state index contributed by atoms with van der Waals surface area (Å²) >= 11 is 7.24. The Bertz CT molecular complexity index is 926. The van der Waals surface area contributed by atoms with E-state index >= 15 is 0 Å². The number of nitrogens with zero attached hydrogens (tertiary/aromatic N) is 3. The number of thiazole rings is 1. The van der Waals surface area contributed by atoms with Crippen LogP contribution >= 0.6 is 23.6 Å². The van der Waals surface area contributed by atoms with E-state index < -0.39 is 0 Å². The molecule has 2 aromatic carbocycles. The van der Waals surface area contributed by atoms with Crippen LogP contribution in [0.3, 0.4) is 0 Å². The molecule has 1 aliphatic rings. The third-order valence-corrected chi connectivity index (χ3v) is 6.15. The zero-order valence-corrected chi connectivity index (χ0v) is 16.6. The quantitative estimate of drug-likeness (QED) is 0.608. The topological polar surface area (TPSA) is 20.6 Å². The van der Waals surface area contributed by atoms with Crippen molar-refractivity contribution >= 4 is 39.5 Å². The van der Waals surface area contributed by atoms with E-state index in [4.69, 9.17) is 17.0 Å². The molecule has 0 spiro atoms. The first-order chi connectivity index (χ1) is 12.7. The number of benzene rings is 2. The predicted octanol–water partition coefficient (Wildman–Crippen LogP) is 4.36. The molecule has 4 nitrogen and oxygen atoms in total. The molecule has 1 aromatic heterocycles. The molecule has 0 unspecified atom stereocenters. The summed E-state index contributed by atoms with van der Waals surface area (Å²) in [5, 5.41) is 0. The smallest absolute Gasteiger partial charge is 0.163 e. The van der Waals surface area contributed by atoms with E-state index in [1.165, 1.54) is 21.5 Å². The number of ether oxygens (including phenoxy) is 1. The zero-order valence-electron chi connectivity index (χ0n) is 14.9. The van der Waals surface area contributed by atoms with Gasteiger partial charge in [0.1, 0.15) is 0 Å². The van der Waals surface area contributed by atoms with Gasteiger partial charge < -0.3 is 14.2 Å². The number of rotatable bonds is 5. The van der Waals surface area contributed by atoms with E-state index in [0.717, 1.165) is 43.5 Å². The maximum absolute atomic E-state index is 5.56. The molecular formula is C20H23N3OS2. The largest absolute Gasteiger partial charge is 0.378 e. The first kappa shape index (κ1) is 17.7. The van der Waals surface area contributed by atoms with E-state index in [0.29, 0.717) is 0 Å². The molecule has 1 saturated heterocycles. The Morgan fingerprint density at radius 2 is 1.81 bits per heavy atom. The van der Waals surface area contributed by atoms with Crippen LogP contribution in [0.25, 0.3) is 10.2 Å². The van der Waals surface area contributed by atoms with Crippen LogP contribution in [-0.4, -0.2) is 42.8 Å². The van der Waals surface area contributed by atoms with Crippen molar-refractivity contribution < 1.29 is 4.74 Å². The van der Waals surface area contributed by atoms with Crippen LogP contribution in [0.2, 0.25) is 0 Å². The van der Waals surface area contributed by atoms with Crippen LogP contribution in [0.4, 0.5) is 5.69 Å². The second kappa shape index (κ2) is 7.88. The molecule has 0 aliphatic carbocycles. The summed E-state index contributed by atoms with van der Waals surface area (Å²) in [6.45, 7) is 5.29. The van der Waals surface area contributed by atoms with Crippen LogP contribution in [0, 0.1) is 3.95 Å². The summed E-state index contributed by atoms with van der Waals surface area (Å²) in [5.74, 6) is 0. The highest BCUT2D eigenvalue weighted by molar-refractivity contribution is 7.73. The van der Waals surface area contributed by atoms with E-state index in [1.54, 1.807) is 11.3 Å². The fourth-order valence-corrected chi connectivity index (χ4v) is 4.69. The number of aromatic nitrogens is 1. The molecule has 3 aromatic rings. The van der Waals surface area contributed by atoms with Crippen LogP contribution in [0.5, 0.6) is 0 Å². The van der Waals surface area contributed by atoms with E-state index in [-0.39, 0.29) is 0 Å². The Kier molecular flexibility index (Phi) is 5.36. The highest BCUT2D eigenvalue weighted by Gasteiger charge is 2.11. The Hall–Kier alpha value is -1.73. The van der Waals surface area contributed by atoms with E-state index in [2.05, 4.69) is 69.9 Å². The average Bonchev–Trinajstić information content (AvgIpc) is 2.98. The van der Waals surface area contributed by atoms with Gasteiger partial charge in [0.2, 0.25) is 0 Å². The fraction of sp³-hybridized carbons (Fsp3) is 0.350. The second-order valence-corrected chi connectivity index (χ2v) is 8.36. The van der Waals surface area contributed by atoms with Crippen molar-refractivity contribution in [1.29, 1.82) is 0 Å². The number of fused-ring (bicyclic) bond motifs is 1. The van der Waals surface area contributed by atoms with Gasteiger partial charge >= 0.3 is 0 Å². The highest BCUT2D eigenvalue weighted by Crippen LogP contribution is 2.23. The average molecular weight is 386 g/mol. The molecular weight excluding hydrogens is 362 g/mol. The van der Waals surface area contributed by atoms with Crippen LogP contribution in [-0.2, 0) is 18.0 Å². The lowest BCUT2D eigenvalue weighted by Crippen LogP contribution is -2.36. The number of anilines is 1. The van der Waals surface area contributed by atoms with Crippen molar-refractivity contribution in [3.05, 3.63) is 58.0 Å². The molecule has 1 fully saturated rings. The number of hydrogen-bond acceptors (Lipinski definition) is 5. The van der Waals surface area contributed by atoms with Crippen LogP contribution in [0.15, 0.2) is 48.5 Å². The molecule has 6 heteroatoms. The monoisotopic (exact) mass is 385 g/mol. The molecule has 0 amide bonds. The van der Waals surface area contributed by atoms with Crippen molar-refractivity contribution in [3.8, 4) is 0 Å². The molecule has 0 bridgehead atoms. The van der Waals surface area contributed by atoms with Gasteiger partial charge in [0.25, 0.3) is 0 Å². The first-order valence-electron chi connectivity index (χ1n) is 8.89. The summed E-state index contributed by atoms with van der Waals surface area (Å²) in [7, 11) is 2.14. The maximum atomic E-state index is 5.56. The molecule has 2 heterocycles. The lowest BCUT2D eigenvalue weighted by atomic mass is 10.2. The van der Waals surface area contributed by atoms with Gasteiger partial charge in [-0.2, -0.15) is 0 Å². The third kappa shape index (κ3) is 3.83. The Morgan fingerprint density at radius 3 is 2.58 bits per heavy atom. The lowest BCUT2D eigenvalue weighted by Gasteiger charge is -2.29. The van der Waals surface area contributed by atoms with Gasteiger partial charge in [-0.1, -0.05) is 24.3 Å². The molecule has 1 aliphatic heterocycles. The number of morpholine rings is 1. The minimum Gasteiger partial charge on any atom is -0.378 e. The number of para-hydroxylation sites is 1. The van der Waals surface area contributed by atoms with E-state index in [1.807, 2.05) is 0 Å².